The molecule has 0 bridgehead atoms. The summed E-state index contributed by atoms with van der Waals surface area (Å²) in [5.74, 6) is 0. The fourth-order valence-corrected chi connectivity index (χ4v) is 2.74. The number of pyridine rings is 2. The summed E-state index contributed by atoms with van der Waals surface area (Å²) in [6.07, 6.45) is 5.91. The van der Waals surface area contributed by atoms with Gasteiger partial charge >= 0.3 is 0 Å². The van der Waals surface area contributed by atoms with Crippen LogP contribution >= 0.6 is 0 Å². The van der Waals surface area contributed by atoms with E-state index in [2.05, 4.69) is 73.0 Å². The topological polar surface area (TPSA) is 16.8 Å². The van der Waals surface area contributed by atoms with Gasteiger partial charge in [0.25, 0.3) is 0 Å². The summed E-state index contributed by atoms with van der Waals surface area (Å²) in [7, 11) is 2.10. The van der Waals surface area contributed by atoms with E-state index < -0.39 is 0 Å². The van der Waals surface area contributed by atoms with Crippen molar-refractivity contribution < 1.29 is 4.57 Å². The zero-order chi connectivity index (χ0) is 14.8. The van der Waals surface area contributed by atoms with Gasteiger partial charge in [0.2, 0.25) is 5.69 Å². The first-order valence-electron chi connectivity index (χ1n) is 7.13. The highest BCUT2D eigenvalue weighted by Gasteiger charge is 2.16. The summed E-state index contributed by atoms with van der Waals surface area (Å²) in [6, 6.07) is 14.8. The van der Waals surface area contributed by atoms with E-state index in [1.54, 1.807) is 0 Å². The highest BCUT2D eigenvalue weighted by Crippen LogP contribution is 2.27. The van der Waals surface area contributed by atoms with E-state index in [1.807, 2.05) is 18.5 Å². The number of benzene rings is 1. The standard InChI is InChI=1S/C19H19N2/c1-14-7-4-5-9-17(14)19-11-18(15(2)13-21(19)3)16-8-6-10-20-12-16/h4-13H,1-3H3/q+1. The summed E-state index contributed by atoms with van der Waals surface area (Å²) >= 11 is 0. The summed E-state index contributed by atoms with van der Waals surface area (Å²) in [5, 5.41) is 0. The number of nitrogens with zero attached hydrogens (tertiary/aromatic N) is 2. The van der Waals surface area contributed by atoms with Crippen molar-refractivity contribution in [2.75, 3.05) is 0 Å². The molecule has 0 atom stereocenters. The van der Waals surface area contributed by atoms with Gasteiger partial charge in [-0.25, -0.2) is 4.57 Å². The highest BCUT2D eigenvalue weighted by molar-refractivity contribution is 5.71. The van der Waals surface area contributed by atoms with Crippen LogP contribution in [0.1, 0.15) is 11.1 Å². The molecule has 3 aromatic rings. The van der Waals surface area contributed by atoms with Crippen LogP contribution in [0, 0.1) is 13.8 Å². The summed E-state index contributed by atoms with van der Waals surface area (Å²) in [5.41, 5.74) is 7.42. The van der Waals surface area contributed by atoms with Crippen molar-refractivity contribution in [3.8, 4) is 22.4 Å². The molecule has 21 heavy (non-hydrogen) atoms. The van der Waals surface area contributed by atoms with Crippen molar-refractivity contribution in [2.24, 2.45) is 7.05 Å². The average molecular weight is 275 g/mol. The second kappa shape index (κ2) is 5.49. The third-order valence-corrected chi connectivity index (χ3v) is 3.87. The zero-order valence-corrected chi connectivity index (χ0v) is 12.7. The van der Waals surface area contributed by atoms with Gasteiger partial charge in [-0.3, -0.25) is 4.98 Å². The van der Waals surface area contributed by atoms with Crippen LogP contribution in [-0.4, -0.2) is 4.98 Å². The Labute approximate surface area is 125 Å². The SMILES string of the molecule is Cc1c[n+](C)c(-c2ccccc2C)cc1-c1cccnc1. The van der Waals surface area contributed by atoms with Crippen LogP contribution in [0.2, 0.25) is 0 Å². The van der Waals surface area contributed by atoms with E-state index >= 15 is 0 Å². The lowest BCUT2D eigenvalue weighted by molar-refractivity contribution is -0.660. The molecule has 0 aliphatic heterocycles. The number of aryl methyl sites for hydroxylation is 3. The van der Waals surface area contributed by atoms with Crippen molar-refractivity contribution in [1.29, 1.82) is 0 Å². The van der Waals surface area contributed by atoms with Crippen LogP contribution in [0.25, 0.3) is 22.4 Å². The minimum atomic E-state index is 1.16. The fourth-order valence-electron chi connectivity index (χ4n) is 2.74. The Hall–Kier alpha value is -2.48. The molecule has 3 rings (SSSR count). The van der Waals surface area contributed by atoms with Gasteiger partial charge in [-0.1, -0.05) is 24.3 Å². The molecule has 0 unspecified atom stereocenters. The van der Waals surface area contributed by atoms with E-state index in [0.29, 0.717) is 0 Å². The molecular formula is C19H19N2+. The van der Waals surface area contributed by atoms with Gasteiger partial charge in [0.15, 0.2) is 6.20 Å². The van der Waals surface area contributed by atoms with Gasteiger partial charge < -0.3 is 0 Å². The van der Waals surface area contributed by atoms with Gasteiger partial charge in [0.05, 0.1) is 0 Å². The first-order chi connectivity index (χ1) is 10.2. The first kappa shape index (κ1) is 13.5. The quantitative estimate of drug-likeness (QED) is 0.649. The van der Waals surface area contributed by atoms with Crippen molar-refractivity contribution in [1.82, 2.24) is 4.98 Å². The minimum Gasteiger partial charge on any atom is -0.264 e. The number of aromatic nitrogens is 2. The molecule has 0 saturated heterocycles. The maximum atomic E-state index is 4.24. The molecule has 0 spiro atoms. The van der Waals surface area contributed by atoms with Crippen LogP contribution in [0.3, 0.4) is 0 Å². The Morgan fingerprint density at radius 2 is 1.71 bits per heavy atom. The molecule has 2 heteroatoms. The fraction of sp³-hybridized carbons (Fsp3) is 0.158. The smallest absolute Gasteiger partial charge is 0.213 e. The highest BCUT2D eigenvalue weighted by atomic mass is 14.9. The van der Waals surface area contributed by atoms with E-state index in [4.69, 9.17) is 0 Å². The van der Waals surface area contributed by atoms with Crippen molar-refractivity contribution in [3.05, 3.63) is 72.2 Å². The van der Waals surface area contributed by atoms with Gasteiger partial charge in [0.1, 0.15) is 7.05 Å². The molecular weight excluding hydrogens is 256 g/mol. The Kier molecular flexibility index (Phi) is 3.53. The lowest BCUT2D eigenvalue weighted by Crippen LogP contribution is -2.31. The minimum absolute atomic E-state index is 1.16. The van der Waals surface area contributed by atoms with Crippen molar-refractivity contribution in [3.63, 3.8) is 0 Å². The van der Waals surface area contributed by atoms with Gasteiger partial charge in [-0.15, -0.1) is 0 Å². The molecule has 0 saturated carbocycles. The molecule has 2 aromatic heterocycles. The second-order valence-corrected chi connectivity index (χ2v) is 5.42. The molecule has 2 nitrogen and oxygen atoms in total. The monoisotopic (exact) mass is 275 g/mol. The van der Waals surface area contributed by atoms with Crippen LogP contribution < -0.4 is 4.57 Å². The molecule has 0 fully saturated rings. The molecule has 0 N–H and O–H groups in total. The molecule has 1 aromatic carbocycles. The Balaban J connectivity index is 2.22. The van der Waals surface area contributed by atoms with Crippen LogP contribution in [0.4, 0.5) is 0 Å². The van der Waals surface area contributed by atoms with Gasteiger partial charge in [-0.05, 0) is 37.1 Å². The summed E-state index contributed by atoms with van der Waals surface area (Å²) < 4.78 is 2.19. The Morgan fingerprint density at radius 1 is 0.905 bits per heavy atom. The maximum absolute atomic E-state index is 4.24. The van der Waals surface area contributed by atoms with E-state index in [0.717, 1.165) is 5.56 Å². The zero-order valence-electron chi connectivity index (χ0n) is 12.7. The first-order valence-corrected chi connectivity index (χ1v) is 7.13. The number of hydrogen-bond donors (Lipinski definition) is 0. The second-order valence-electron chi connectivity index (χ2n) is 5.42. The molecule has 0 amide bonds. The number of hydrogen-bond acceptors (Lipinski definition) is 1. The van der Waals surface area contributed by atoms with Crippen molar-refractivity contribution >= 4 is 0 Å². The molecule has 0 aliphatic carbocycles. The Morgan fingerprint density at radius 3 is 2.43 bits per heavy atom. The van der Waals surface area contributed by atoms with E-state index in [9.17, 15) is 0 Å². The predicted octanol–water partition coefficient (Wildman–Crippen LogP) is 3.86. The lowest BCUT2D eigenvalue weighted by atomic mass is 9.98. The summed E-state index contributed by atoms with van der Waals surface area (Å²) in [6.45, 7) is 4.29. The predicted molar refractivity (Wildman–Crippen MR) is 85.8 cm³/mol. The largest absolute Gasteiger partial charge is 0.264 e. The normalized spacial score (nSPS) is 10.6. The van der Waals surface area contributed by atoms with Crippen LogP contribution in [-0.2, 0) is 7.05 Å². The van der Waals surface area contributed by atoms with Crippen molar-refractivity contribution in [2.45, 2.75) is 13.8 Å². The lowest BCUT2D eigenvalue weighted by Gasteiger charge is -2.09. The van der Waals surface area contributed by atoms with Gasteiger partial charge in [-0.2, -0.15) is 0 Å². The van der Waals surface area contributed by atoms with Crippen LogP contribution in [0.5, 0.6) is 0 Å². The molecule has 0 radical (unpaired) electrons. The third kappa shape index (κ3) is 2.57. The average Bonchev–Trinajstić information content (AvgIpc) is 2.49. The maximum Gasteiger partial charge on any atom is 0.213 e. The Bertz CT molecular complexity index is 777. The van der Waals surface area contributed by atoms with E-state index in [-0.39, 0.29) is 0 Å². The van der Waals surface area contributed by atoms with Gasteiger partial charge in [0, 0.05) is 35.2 Å². The number of rotatable bonds is 2. The molecule has 2 heterocycles. The third-order valence-electron chi connectivity index (χ3n) is 3.87. The molecule has 0 aliphatic rings. The van der Waals surface area contributed by atoms with E-state index in [1.165, 1.54) is 27.9 Å². The molecule has 104 valence electrons. The van der Waals surface area contributed by atoms with Crippen LogP contribution in [0.15, 0.2) is 61.1 Å². The summed E-state index contributed by atoms with van der Waals surface area (Å²) in [4.78, 5) is 4.24.